The first-order valence-electron chi connectivity index (χ1n) is 6.33. The Morgan fingerprint density at radius 1 is 1.40 bits per heavy atom. The summed E-state index contributed by atoms with van der Waals surface area (Å²) in [5, 5.41) is 6.45. The normalized spacial score (nSPS) is 21.3. The van der Waals surface area contributed by atoms with Crippen molar-refractivity contribution >= 4 is 5.91 Å². The van der Waals surface area contributed by atoms with Gasteiger partial charge in [-0.1, -0.05) is 19.8 Å². The Labute approximate surface area is 93.0 Å². The van der Waals surface area contributed by atoms with Gasteiger partial charge < -0.3 is 10.6 Å². The van der Waals surface area contributed by atoms with E-state index in [0.29, 0.717) is 6.42 Å². The highest BCUT2D eigenvalue weighted by molar-refractivity contribution is 5.75. The third kappa shape index (κ3) is 5.78. The standard InChI is InChI=1S/C12H24N2O/c1-2-12(15)14-10-6-4-8-11-7-3-5-9-13-11/h11,13H,2-10H2,1H3,(H,14,15). The Morgan fingerprint density at radius 3 is 2.93 bits per heavy atom. The van der Waals surface area contributed by atoms with Crippen LogP contribution in [0.4, 0.5) is 0 Å². The van der Waals surface area contributed by atoms with Crippen LogP contribution in [0.2, 0.25) is 0 Å². The van der Waals surface area contributed by atoms with Gasteiger partial charge in [0.2, 0.25) is 5.91 Å². The zero-order valence-electron chi connectivity index (χ0n) is 9.85. The Hall–Kier alpha value is -0.570. The molecule has 0 aliphatic carbocycles. The maximum absolute atomic E-state index is 11.0. The van der Waals surface area contributed by atoms with Gasteiger partial charge in [-0.15, -0.1) is 0 Å². The maximum atomic E-state index is 11.0. The van der Waals surface area contributed by atoms with E-state index in [1.54, 1.807) is 0 Å². The highest BCUT2D eigenvalue weighted by Gasteiger charge is 2.11. The van der Waals surface area contributed by atoms with Crippen molar-refractivity contribution in [1.29, 1.82) is 0 Å². The molecule has 3 nitrogen and oxygen atoms in total. The van der Waals surface area contributed by atoms with E-state index >= 15 is 0 Å². The molecule has 0 aromatic heterocycles. The van der Waals surface area contributed by atoms with Gasteiger partial charge in [-0.2, -0.15) is 0 Å². The quantitative estimate of drug-likeness (QED) is 0.659. The van der Waals surface area contributed by atoms with Crippen LogP contribution < -0.4 is 10.6 Å². The second kappa shape index (κ2) is 7.69. The van der Waals surface area contributed by atoms with Gasteiger partial charge in [0.1, 0.15) is 0 Å². The number of unbranched alkanes of at least 4 members (excludes halogenated alkanes) is 1. The van der Waals surface area contributed by atoms with Gasteiger partial charge in [0.05, 0.1) is 0 Å². The molecule has 3 heteroatoms. The smallest absolute Gasteiger partial charge is 0.219 e. The molecule has 1 saturated heterocycles. The number of carbonyl (C=O) groups is 1. The first-order chi connectivity index (χ1) is 7.33. The first-order valence-corrected chi connectivity index (χ1v) is 6.33. The van der Waals surface area contributed by atoms with Crippen LogP contribution in [0.1, 0.15) is 51.9 Å². The average Bonchev–Trinajstić information content (AvgIpc) is 2.29. The fourth-order valence-electron chi connectivity index (χ4n) is 2.04. The molecule has 0 saturated carbocycles. The topological polar surface area (TPSA) is 41.1 Å². The minimum absolute atomic E-state index is 0.172. The molecule has 0 radical (unpaired) electrons. The second-order valence-corrected chi connectivity index (χ2v) is 4.35. The lowest BCUT2D eigenvalue weighted by Crippen LogP contribution is -2.34. The molecule has 1 unspecified atom stereocenters. The van der Waals surface area contributed by atoms with Crippen LogP contribution in [0.15, 0.2) is 0 Å². The first kappa shape index (κ1) is 12.5. The highest BCUT2D eigenvalue weighted by atomic mass is 16.1. The molecule has 1 fully saturated rings. The van der Waals surface area contributed by atoms with Gasteiger partial charge in [-0.3, -0.25) is 4.79 Å². The Balaban J connectivity index is 1.89. The van der Waals surface area contributed by atoms with Crippen molar-refractivity contribution in [3.63, 3.8) is 0 Å². The summed E-state index contributed by atoms with van der Waals surface area (Å²) >= 11 is 0. The van der Waals surface area contributed by atoms with Crippen LogP contribution in [0.5, 0.6) is 0 Å². The van der Waals surface area contributed by atoms with Gasteiger partial charge in [-0.05, 0) is 32.2 Å². The van der Waals surface area contributed by atoms with E-state index in [9.17, 15) is 4.79 Å². The van der Waals surface area contributed by atoms with E-state index in [0.717, 1.165) is 19.0 Å². The van der Waals surface area contributed by atoms with Crippen molar-refractivity contribution in [3.8, 4) is 0 Å². The SMILES string of the molecule is CCC(=O)NCCCCC1CCCCN1. The molecule has 1 amide bonds. The summed E-state index contributed by atoms with van der Waals surface area (Å²) in [6, 6.07) is 0.737. The molecule has 88 valence electrons. The molecule has 1 rings (SSSR count). The molecule has 15 heavy (non-hydrogen) atoms. The Bertz CT molecular complexity index is 176. The highest BCUT2D eigenvalue weighted by Crippen LogP contribution is 2.12. The zero-order chi connectivity index (χ0) is 10.9. The Kier molecular flexibility index (Phi) is 6.41. The van der Waals surface area contributed by atoms with Crippen molar-refractivity contribution in [1.82, 2.24) is 10.6 Å². The van der Waals surface area contributed by atoms with Crippen molar-refractivity contribution in [3.05, 3.63) is 0 Å². The largest absolute Gasteiger partial charge is 0.356 e. The molecule has 1 heterocycles. The van der Waals surface area contributed by atoms with Crippen LogP contribution in [-0.4, -0.2) is 25.0 Å². The lowest BCUT2D eigenvalue weighted by molar-refractivity contribution is -0.120. The summed E-state index contributed by atoms with van der Waals surface area (Å²) in [4.78, 5) is 11.0. The molecule has 1 aliphatic heterocycles. The third-order valence-corrected chi connectivity index (χ3v) is 3.04. The van der Waals surface area contributed by atoms with Gasteiger partial charge >= 0.3 is 0 Å². The minimum atomic E-state index is 0.172. The maximum Gasteiger partial charge on any atom is 0.219 e. The van der Waals surface area contributed by atoms with Crippen molar-refractivity contribution < 1.29 is 4.79 Å². The van der Waals surface area contributed by atoms with Crippen LogP contribution >= 0.6 is 0 Å². The second-order valence-electron chi connectivity index (χ2n) is 4.35. The number of hydrogen-bond acceptors (Lipinski definition) is 2. The molecule has 0 spiro atoms. The van der Waals surface area contributed by atoms with E-state index in [1.807, 2.05) is 6.92 Å². The Morgan fingerprint density at radius 2 is 2.27 bits per heavy atom. The summed E-state index contributed by atoms with van der Waals surface area (Å²) < 4.78 is 0. The van der Waals surface area contributed by atoms with Crippen molar-refractivity contribution in [2.24, 2.45) is 0 Å². The van der Waals surface area contributed by atoms with Gasteiger partial charge in [0, 0.05) is 19.0 Å². The van der Waals surface area contributed by atoms with Crippen LogP contribution in [-0.2, 0) is 4.79 Å². The summed E-state index contributed by atoms with van der Waals surface area (Å²) in [6.45, 7) is 3.93. The molecule has 2 N–H and O–H groups in total. The van der Waals surface area contributed by atoms with E-state index in [1.165, 1.54) is 38.6 Å². The predicted molar refractivity (Wildman–Crippen MR) is 62.8 cm³/mol. The van der Waals surface area contributed by atoms with Gasteiger partial charge in [0.25, 0.3) is 0 Å². The van der Waals surface area contributed by atoms with Gasteiger partial charge in [-0.25, -0.2) is 0 Å². The zero-order valence-corrected chi connectivity index (χ0v) is 9.85. The monoisotopic (exact) mass is 212 g/mol. The van der Waals surface area contributed by atoms with Crippen molar-refractivity contribution in [2.75, 3.05) is 13.1 Å². The molecular weight excluding hydrogens is 188 g/mol. The van der Waals surface area contributed by atoms with Crippen LogP contribution in [0.25, 0.3) is 0 Å². The number of carbonyl (C=O) groups excluding carboxylic acids is 1. The number of rotatable bonds is 6. The molecule has 0 bridgehead atoms. The molecule has 0 aromatic rings. The lowest BCUT2D eigenvalue weighted by atomic mass is 10.00. The van der Waals surface area contributed by atoms with E-state index in [-0.39, 0.29) is 5.91 Å². The van der Waals surface area contributed by atoms with E-state index < -0.39 is 0 Å². The summed E-state index contributed by atoms with van der Waals surface area (Å²) in [7, 11) is 0. The van der Waals surface area contributed by atoms with E-state index in [2.05, 4.69) is 10.6 Å². The number of amides is 1. The van der Waals surface area contributed by atoms with Crippen LogP contribution in [0.3, 0.4) is 0 Å². The number of piperidine rings is 1. The third-order valence-electron chi connectivity index (χ3n) is 3.04. The van der Waals surface area contributed by atoms with Crippen molar-refractivity contribution in [2.45, 2.75) is 57.9 Å². The molecule has 1 aliphatic rings. The predicted octanol–water partition coefficient (Wildman–Crippen LogP) is 1.82. The average molecular weight is 212 g/mol. The number of nitrogens with one attached hydrogen (secondary N) is 2. The van der Waals surface area contributed by atoms with Crippen LogP contribution in [0, 0.1) is 0 Å². The van der Waals surface area contributed by atoms with Gasteiger partial charge in [0.15, 0.2) is 0 Å². The molecule has 1 atom stereocenters. The number of hydrogen-bond donors (Lipinski definition) is 2. The minimum Gasteiger partial charge on any atom is -0.356 e. The fourth-order valence-corrected chi connectivity index (χ4v) is 2.04. The summed E-state index contributed by atoms with van der Waals surface area (Å²) in [5.74, 6) is 0.172. The lowest BCUT2D eigenvalue weighted by Gasteiger charge is -2.23. The molecule has 0 aromatic carbocycles. The molecular formula is C12H24N2O. The summed E-state index contributed by atoms with van der Waals surface area (Å²) in [5.41, 5.74) is 0. The fraction of sp³-hybridized carbons (Fsp3) is 0.917. The summed E-state index contributed by atoms with van der Waals surface area (Å²) in [6.07, 6.45) is 8.26. The van der Waals surface area contributed by atoms with E-state index in [4.69, 9.17) is 0 Å².